The van der Waals surface area contributed by atoms with Crippen LogP contribution in [0.1, 0.15) is 26.3 Å². The van der Waals surface area contributed by atoms with Crippen LogP contribution >= 0.6 is 11.6 Å². The molecule has 172 valence electrons. The molecule has 1 N–H and O–H groups in total. The lowest BCUT2D eigenvalue weighted by atomic mass is 10.2. The van der Waals surface area contributed by atoms with Crippen molar-refractivity contribution in [2.45, 2.75) is 25.7 Å². The van der Waals surface area contributed by atoms with E-state index >= 15 is 0 Å². The molecule has 0 aliphatic carbocycles. The van der Waals surface area contributed by atoms with Crippen molar-refractivity contribution in [3.63, 3.8) is 0 Å². The van der Waals surface area contributed by atoms with Gasteiger partial charge in [0.25, 0.3) is 0 Å². The number of carbonyl (C=O) groups excluding carboxylic acids is 1. The molecule has 1 heterocycles. The van der Waals surface area contributed by atoms with Gasteiger partial charge < -0.3 is 19.5 Å². The third kappa shape index (κ3) is 5.17. The van der Waals surface area contributed by atoms with E-state index in [1.807, 2.05) is 0 Å². The lowest BCUT2D eigenvalue weighted by molar-refractivity contribution is -0.111. The van der Waals surface area contributed by atoms with Gasteiger partial charge in [0.1, 0.15) is 10.6 Å². The highest BCUT2D eigenvalue weighted by atomic mass is 35.5. The monoisotopic (exact) mass is 480 g/mol. The number of anilines is 1. The Hall–Kier alpha value is -2.75. The van der Waals surface area contributed by atoms with E-state index in [0.29, 0.717) is 47.5 Å². The zero-order chi connectivity index (χ0) is 23.3. The molecule has 3 rings (SSSR count). The molecule has 32 heavy (non-hydrogen) atoms. The smallest absolute Gasteiger partial charge is 0.248 e. The number of hydrogen-bond donors (Lipinski definition) is 1. The van der Waals surface area contributed by atoms with Gasteiger partial charge in [-0.25, -0.2) is 8.42 Å². The topological polar surface area (TPSA) is 94.2 Å². The molecule has 0 spiro atoms. The molecule has 0 radical (unpaired) electrons. The van der Waals surface area contributed by atoms with Gasteiger partial charge in [-0.1, -0.05) is 25.4 Å². The van der Waals surface area contributed by atoms with Gasteiger partial charge >= 0.3 is 0 Å². The molecule has 1 amide bonds. The van der Waals surface area contributed by atoms with Crippen molar-refractivity contribution in [1.82, 2.24) is 4.31 Å². The van der Waals surface area contributed by atoms with Crippen LogP contribution in [-0.2, 0) is 14.8 Å². The number of carbonyl (C=O) groups is 1. The summed E-state index contributed by atoms with van der Waals surface area (Å²) >= 11 is 6.16. The SMILES string of the molecule is CCOc1ccc(NC(=O)C=Cc2cc(Cl)c3c(c2)OCO3)cc1S(=O)(=O)N(CC)CC. The van der Waals surface area contributed by atoms with Crippen molar-refractivity contribution in [3.8, 4) is 17.2 Å². The Morgan fingerprint density at radius 2 is 1.94 bits per heavy atom. The second-order valence-electron chi connectivity index (χ2n) is 6.74. The molecular formula is C22H25ClN2O6S. The molecule has 2 aromatic carbocycles. The Labute approximate surface area is 192 Å². The Kier molecular flexibility index (Phi) is 7.65. The molecule has 0 atom stereocenters. The van der Waals surface area contributed by atoms with Gasteiger partial charge in [-0.3, -0.25) is 4.79 Å². The summed E-state index contributed by atoms with van der Waals surface area (Å²) in [6.07, 6.45) is 2.90. The van der Waals surface area contributed by atoms with E-state index in [1.54, 1.807) is 45.0 Å². The highest BCUT2D eigenvalue weighted by Gasteiger charge is 2.26. The summed E-state index contributed by atoms with van der Waals surface area (Å²) in [5.74, 6) is 0.789. The highest BCUT2D eigenvalue weighted by molar-refractivity contribution is 7.89. The number of nitrogens with zero attached hydrogens (tertiary/aromatic N) is 1. The molecule has 10 heteroatoms. The fraction of sp³-hybridized carbons (Fsp3) is 0.318. The van der Waals surface area contributed by atoms with E-state index in [2.05, 4.69) is 5.32 Å². The number of benzene rings is 2. The molecule has 0 saturated carbocycles. The molecule has 8 nitrogen and oxygen atoms in total. The second kappa shape index (κ2) is 10.2. The van der Waals surface area contributed by atoms with Gasteiger partial charge in [0, 0.05) is 24.9 Å². The Morgan fingerprint density at radius 1 is 1.19 bits per heavy atom. The number of halogens is 1. The standard InChI is InChI=1S/C22H25ClN2O6S/c1-4-25(5-2)32(27,28)20-13-16(8-9-18(20)29-6-3)24-21(26)10-7-15-11-17(23)22-19(12-15)30-14-31-22/h7-13H,4-6,14H2,1-3H3,(H,24,26). The summed E-state index contributed by atoms with van der Waals surface area (Å²) in [7, 11) is -3.78. The first-order valence-corrected chi connectivity index (χ1v) is 12.0. The maximum atomic E-state index is 13.0. The number of fused-ring (bicyclic) bond motifs is 1. The minimum atomic E-state index is -3.78. The maximum absolute atomic E-state index is 13.0. The van der Waals surface area contributed by atoms with Crippen molar-refractivity contribution in [1.29, 1.82) is 0 Å². The van der Waals surface area contributed by atoms with Crippen LogP contribution in [0.5, 0.6) is 17.2 Å². The van der Waals surface area contributed by atoms with Crippen molar-refractivity contribution in [2.24, 2.45) is 0 Å². The number of amides is 1. The third-order valence-corrected chi connectivity index (χ3v) is 7.06. The Balaban J connectivity index is 1.82. The first-order chi connectivity index (χ1) is 15.3. The second-order valence-corrected chi connectivity index (χ2v) is 9.06. The van der Waals surface area contributed by atoms with Crippen LogP contribution in [0, 0.1) is 0 Å². The summed E-state index contributed by atoms with van der Waals surface area (Å²) in [6, 6.07) is 7.90. The number of hydrogen-bond acceptors (Lipinski definition) is 6. The zero-order valence-corrected chi connectivity index (χ0v) is 19.6. The van der Waals surface area contributed by atoms with E-state index in [1.165, 1.54) is 22.5 Å². The largest absolute Gasteiger partial charge is 0.492 e. The van der Waals surface area contributed by atoms with Crippen LogP contribution in [0.3, 0.4) is 0 Å². The van der Waals surface area contributed by atoms with E-state index in [0.717, 1.165) is 0 Å². The predicted molar refractivity (Wildman–Crippen MR) is 123 cm³/mol. The normalized spacial score (nSPS) is 13.0. The molecule has 0 bridgehead atoms. The molecule has 0 unspecified atom stereocenters. The molecule has 2 aromatic rings. The molecule has 0 fully saturated rings. The minimum Gasteiger partial charge on any atom is -0.492 e. The van der Waals surface area contributed by atoms with Crippen LogP contribution in [0.4, 0.5) is 5.69 Å². The zero-order valence-electron chi connectivity index (χ0n) is 18.1. The van der Waals surface area contributed by atoms with Crippen molar-refractivity contribution in [3.05, 3.63) is 47.0 Å². The average molecular weight is 481 g/mol. The van der Waals surface area contributed by atoms with Crippen LogP contribution in [0.25, 0.3) is 6.08 Å². The van der Waals surface area contributed by atoms with Gasteiger partial charge in [0.15, 0.2) is 11.5 Å². The fourth-order valence-corrected chi connectivity index (χ4v) is 5.09. The predicted octanol–water partition coefficient (Wildman–Crippen LogP) is 4.15. The van der Waals surface area contributed by atoms with Crippen LogP contribution in [0.15, 0.2) is 41.3 Å². The van der Waals surface area contributed by atoms with Crippen LogP contribution in [-0.4, -0.2) is 45.1 Å². The van der Waals surface area contributed by atoms with Gasteiger partial charge in [0.05, 0.1) is 11.6 Å². The van der Waals surface area contributed by atoms with E-state index in [4.69, 9.17) is 25.8 Å². The summed E-state index contributed by atoms with van der Waals surface area (Å²) in [4.78, 5) is 12.5. The lowest BCUT2D eigenvalue weighted by Crippen LogP contribution is -2.31. The number of sulfonamides is 1. The quantitative estimate of drug-likeness (QED) is 0.542. The number of nitrogens with one attached hydrogen (secondary N) is 1. The van der Waals surface area contributed by atoms with Gasteiger partial charge in [0.2, 0.25) is 22.7 Å². The highest BCUT2D eigenvalue weighted by Crippen LogP contribution is 2.40. The first kappa shape index (κ1) is 23.9. The third-order valence-electron chi connectivity index (χ3n) is 4.71. The summed E-state index contributed by atoms with van der Waals surface area (Å²) in [5, 5.41) is 3.07. The first-order valence-electron chi connectivity index (χ1n) is 10.1. The van der Waals surface area contributed by atoms with Gasteiger partial charge in [-0.05, 0) is 48.9 Å². The number of ether oxygens (including phenoxy) is 3. The molecule has 0 saturated heterocycles. The van der Waals surface area contributed by atoms with Crippen molar-refractivity contribution >= 4 is 39.3 Å². The number of rotatable bonds is 9. The molecule has 0 aromatic heterocycles. The lowest BCUT2D eigenvalue weighted by Gasteiger charge is -2.21. The minimum absolute atomic E-state index is 0.00684. The Bertz CT molecular complexity index is 1130. The maximum Gasteiger partial charge on any atom is 0.248 e. The van der Waals surface area contributed by atoms with E-state index < -0.39 is 15.9 Å². The average Bonchev–Trinajstić information content (AvgIpc) is 3.23. The molecular weight excluding hydrogens is 456 g/mol. The molecule has 1 aliphatic heterocycles. The van der Waals surface area contributed by atoms with E-state index in [9.17, 15) is 13.2 Å². The fourth-order valence-electron chi connectivity index (χ4n) is 3.20. The van der Waals surface area contributed by atoms with Crippen LogP contribution < -0.4 is 19.5 Å². The van der Waals surface area contributed by atoms with Crippen molar-refractivity contribution in [2.75, 3.05) is 31.8 Å². The Morgan fingerprint density at radius 3 is 2.62 bits per heavy atom. The summed E-state index contributed by atoms with van der Waals surface area (Å²) in [6.45, 7) is 6.35. The van der Waals surface area contributed by atoms with Gasteiger partial charge in [-0.2, -0.15) is 4.31 Å². The molecule has 1 aliphatic rings. The van der Waals surface area contributed by atoms with Crippen LogP contribution in [0.2, 0.25) is 5.02 Å². The van der Waals surface area contributed by atoms with Crippen molar-refractivity contribution < 1.29 is 27.4 Å². The summed E-state index contributed by atoms with van der Waals surface area (Å²) in [5.41, 5.74) is 0.989. The summed E-state index contributed by atoms with van der Waals surface area (Å²) < 4.78 is 43.5. The van der Waals surface area contributed by atoms with E-state index in [-0.39, 0.29) is 17.4 Å². The van der Waals surface area contributed by atoms with Gasteiger partial charge in [-0.15, -0.1) is 0 Å².